The van der Waals surface area contributed by atoms with Gasteiger partial charge in [0.2, 0.25) is 0 Å². The highest BCUT2D eigenvalue weighted by molar-refractivity contribution is 9.10. The molecule has 2 rings (SSSR count). The third kappa shape index (κ3) is 2.95. The van der Waals surface area contributed by atoms with Crippen molar-refractivity contribution >= 4 is 15.9 Å². The lowest BCUT2D eigenvalue weighted by atomic mass is 9.82. The van der Waals surface area contributed by atoms with Gasteiger partial charge in [-0.15, -0.1) is 0 Å². The molecule has 4 nitrogen and oxygen atoms in total. The molecule has 0 aromatic carbocycles. The lowest BCUT2D eigenvalue weighted by Crippen LogP contribution is -2.43. The third-order valence-corrected chi connectivity index (χ3v) is 5.14. The molecule has 0 radical (unpaired) electrons. The molecular weight excluding hydrogens is 292 g/mol. The highest BCUT2D eigenvalue weighted by Crippen LogP contribution is 2.29. The van der Waals surface area contributed by atoms with E-state index in [1.165, 1.54) is 37.8 Å². The fourth-order valence-electron chi connectivity index (χ4n) is 3.01. The van der Waals surface area contributed by atoms with Gasteiger partial charge in [0.25, 0.3) is 0 Å². The number of aromatic nitrogens is 2. The number of nitrogens with zero attached hydrogens (tertiary/aromatic N) is 2. The molecule has 1 unspecified atom stereocenters. The smallest absolute Gasteiger partial charge is 0.0738 e. The minimum Gasteiger partial charge on any atom is -0.271 e. The number of hydrazine groups is 1. The van der Waals surface area contributed by atoms with Gasteiger partial charge in [-0.1, -0.05) is 19.3 Å². The van der Waals surface area contributed by atoms with E-state index >= 15 is 0 Å². The predicted octanol–water partition coefficient (Wildman–Crippen LogP) is 2.45. The van der Waals surface area contributed by atoms with Crippen LogP contribution < -0.4 is 11.3 Å². The van der Waals surface area contributed by atoms with Gasteiger partial charge in [0.05, 0.1) is 15.9 Å². The lowest BCUT2D eigenvalue weighted by molar-refractivity contribution is 0.266. The first kappa shape index (κ1) is 14.0. The molecule has 5 heteroatoms. The SMILES string of the molecule is Cc1nn(C)c(CC(NN)C2CCCCC2)c1Br. The summed E-state index contributed by atoms with van der Waals surface area (Å²) in [6, 6.07) is 0.358. The minimum atomic E-state index is 0.358. The van der Waals surface area contributed by atoms with Crippen molar-refractivity contribution in [3.05, 3.63) is 15.9 Å². The van der Waals surface area contributed by atoms with Crippen molar-refractivity contribution in [3.8, 4) is 0 Å². The molecule has 102 valence electrons. The van der Waals surface area contributed by atoms with E-state index in [0.717, 1.165) is 16.6 Å². The maximum absolute atomic E-state index is 5.76. The molecule has 0 saturated heterocycles. The molecule has 0 aliphatic heterocycles. The van der Waals surface area contributed by atoms with Gasteiger partial charge in [-0.3, -0.25) is 16.0 Å². The van der Waals surface area contributed by atoms with Crippen molar-refractivity contribution < 1.29 is 0 Å². The molecule has 3 N–H and O–H groups in total. The maximum atomic E-state index is 5.76. The third-order valence-electron chi connectivity index (χ3n) is 4.11. The van der Waals surface area contributed by atoms with Crippen LogP contribution in [-0.2, 0) is 13.5 Å². The zero-order chi connectivity index (χ0) is 13.1. The molecule has 1 aliphatic rings. The van der Waals surface area contributed by atoms with E-state index in [1.807, 2.05) is 18.7 Å². The van der Waals surface area contributed by atoms with Gasteiger partial charge in [-0.05, 0) is 41.6 Å². The minimum absolute atomic E-state index is 0.358. The monoisotopic (exact) mass is 314 g/mol. The molecule has 1 aromatic heterocycles. The first-order valence-electron chi connectivity index (χ1n) is 6.77. The second-order valence-corrected chi connectivity index (χ2v) is 6.14. The summed E-state index contributed by atoms with van der Waals surface area (Å²) in [5, 5.41) is 4.44. The summed E-state index contributed by atoms with van der Waals surface area (Å²) in [4.78, 5) is 0. The summed E-state index contributed by atoms with van der Waals surface area (Å²) in [5.41, 5.74) is 5.31. The average Bonchev–Trinajstić information content (AvgIpc) is 2.62. The summed E-state index contributed by atoms with van der Waals surface area (Å²) in [6.07, 6.45) is 7.59. The Balaban J connectivity index is 2.09. The van der Waals surface area contributed by atoms with E-state index in [2.05, 4.69) is 26.5 Å². The molecule has 0 amide bonds. The van der Waals surface area contributed by atoms with Crippen LogP contribution in [0.2, 0.25) is 0 Å². The molecule has 0 bridgehead atoms. The Morgan fingerprint density at radius 2 is 2.11 bits per heavy atom. The van der Waals surface area contributed by atoms with Crippen molar-refractivity contribution in [2.45, 2.75) is 51.5 Å². The van der Waals surface area contributed by atoms with Crippen LogP contribution in [0.4, 0.5) is 0 Å². The molecule has 1 aromatic rings. The van der Waals surface area contributed by atoms with Crippen LogP contribution in [0.3, 0.4) is 0 Å². The van der Waals surface area contributed by atoms with Gasteiger partial charge < -0.3 is 0 Å². The van der Waals surface area contributed by atoms with Crippen molar-refractivity contribution in [3.63, 3.8) is 0 Å². The van der Waals surface area contributed by atoms with Gasteiger partial charge in [-0.2, -0.15) is 5.10 Å². The van der Waals surface area contributed by atoms with E-state index in [-0.39, 0.29) is 0 Å². The second-order valence-electron chi connectivity index (χ2n) is 5.35. The number of halogens is 1. The molecular formula is C13H23BrN4. The van der Waals surface area contributed by atoms with Crippen molar-refractivity contribution in [2.75, 3.05) is 0 Å². The molecule has 1 fully saturated rings. The number of nitrogens with two attached hydrogens (primary N) is 1. The lowest BCUT2D eigenvalue weighted by Gasteiger charge is -2.29. The predicted molar refractivity (Wildman–Crippen MR) is 77.0 cm³/mol. The van der Waals surface area contributed by atoms with Crippen LogP contribution in [0.5, 0.6) is 0 Å². The zero-order valence-corrected chi connectivity index (χ0v) is 12.8. The van der Waals surface area contributed by atoms with Crippen LogP contribution in [0.25, 0.3) is 0 Å². The first-order valence-corrected chi connectivity index (χ1v) is 7.57. The van der Waals surface area contributed by atoms with Gasteiger partial charge in [0.1, 0.15) is 0 Å². The van der Waals surface area contributed by atoms with E-state index < -0.39 is 0 Å². The Morgan fingerprint density at radius 1 is 1.44 bits per heavy atom. The molecule has 1 aliphatic carbocycles. The molecule has 0 spiro atoms. The summed E-state index contributed by atoms with van der Waals surface area (Å²) in [5.74, 6) is 6.46. The van der Waals surface area contributed by atoms with Gasteiger partial charge in [-0.25, -0.2) is 0 Å². The Hall–Kier alpha value is -0.390. The van der Waals surface area contributed by atoms with E-state index in [1.54, 1.807) is 0 Å². The Morgan fingerprint density at radius 3 is 2.61 bits per heavy atom. The van der Waals surface area contributed by atoms with E-state index in [0.29, 0.717) is 12.0 Å². The first-order chi connectivity index (χ1) is 8.63. The van der Waals surface area contributed by atoms with Gasteiger partial charge in [0, 0.05) is 19.5 Å². The standard InChI is InChI=1S/C13H23BrN4/c1-9-13(14)12(18(2)17-9)8-11(16-15)10-6-4-3-5-7-10/h10-11,16H,3-8,15H2,1-2H3. The summed E-state index contributed by atoms with van der Waals surface area (Å²) in [6.45, 7) is 2.03. The average molecular weight is 315 g/mol. The number of hydrogen-bond acceptors (Lipinski definition) is 3. The van der Waals surface area contributed by atoms with Crippen LogP contribution in [-0.4, -0.2) is 15.8 Å². The van der Waals surface area contributed by atoms with Crippen LogP contribution in [0, 0.1) is 12.8 Å². The molecule has 18 heavy (non-hydrogen) atoms. The quantitative estimate of drug-likeness (QED) is 0.663. The number of aryl methyl sites for hydroxylation is 2. The summed E-state index contributed by atoms with van der Waals surface area (Å²) in [7, 11) is 2.00. The second kappa shape index (κ2) is 6.17. The molecule has 1 heterocycles. The van der Waals surface area contributed by atoms with Crippen LogP contribution >= 0.6 is 15.9 Å². The highest BCUT2D eigenvalue weighted by atomic mass is 79.9. The molecule has 1 saturated carbocycles. The van der Waals surface area contributed by atoms with E-state index in [4.69, 9.17) is 5.84 Å². The zero-order valence-electron chi connectivity index (χ0n) is 11.2. The van der Waals surface area contributed by atoms with Crippen LogP contribution in [0.15, 0.2) is 4.47 Å². The normalized spacial score (nSPS) is 19.1. The number of hydrogen-bond donors (Lipinski definition) is 2. The van der Waals surface area contributed by atoms with Crippen molar-refractivity contribution in [1.29, 1.82) is 0 Å². The number of rotatable bonds is 4. The van der Waals surface area contributed by atoms with Crippen molar-refractivity contribution in [2.24, 2.45) is 18.8 Å². The topological polar surface area (TPSA) is 55.9 Å². The van der Waals surface area contributed by atoms with Crippen LogP contribution in [0.1, 0.15) is 43.5 Å². The van der Waals surface area contributed by atoms with Crippen molar-refractivity contribution in [1.82, 2.24) is 15.2 Å². The fraction of sp³-hybridized carbons (Fsp3) is 0.769. The van der Waals surface area contributed by atoms with Gasteiger partial charge in [0.15, 0.2) is 0 Å². The molecule has 1 atom stereocenters. The maximum Gasteiger partial charge on any atom is 0.0738 e. The highest BCUT2D eigenvalue weighted by Gasteiger charge is 2.25. The fourth-order valence-corrected chi connectivity index (χ4v) is 3.51. The Kier molecular flexibility index (Phi) is 4.81. The van der Waals surface area contributed by atoms with E-state index in [9.17, 15) is 0 Å². The number of nitrogens with one attached hydrogen (secondary N) is 1. The summed E-state index contributed by atoms with van der Waals surface area (Å²) < 4.78 is 3.09. The van der Waals surface area contributed by atoms with Gasteiger partial charge >= 0.3 is 0 Å². The Bertz CT molecular complexity index is 396. The Labute approximate surface area is 117 Å². The largest absolute Gasteiger partial charge is 0.271 e. The summed E-state index contributed by atoms with van der Waals surface area (Å²) >= 11 is 3.63.